The van der Waals surface area contributed by atoms with Gasteiger partial charge < -0.3 is 10.6 Å². The molecule has 0 atom stereocenters. The summed E-state index contributed by atoms with van der Waals surface area (Å²) < 4.78 is 12.7. The number of benzene rings is 1. The maximum absolute atomic E-state index is 12.7. The van der Waals surface area contributed by atoms with Crippen LogP contribution in [0.1, 0.15) is 36.0 Å². The van der Waals surface area contributed by atoms with E-state index in [1.807, 2.05) is 0 Å². The standard InChI is InChI=1S/C14H17FN2O2/c15-11-7-5-10(6-8-11)14(19)16-9-13(18)17-12-3-1-2-4-12/h5-8,12H,1-4,9H2,(H,16,19)(H,17,18). The summed E-state index contributed by atoms with van der Waals surface area (Å²) in [7, 11) is 0. The quantitative estimate of drug-likeness (QED) is 0.868. The summed E-state index contributed by atoms with van der Waals surface area (Å²) in [6.45, 7) is -0.0489. The Kier molecular flexibility index (Phi) is 4.49. The SMILES string of the molecule is O=C(CNC(=O)c1ccc(F)cc1)NC1CCCC1. The predicted octanol–water partition coefficient (Wildman–Crippen LogP) is 1.61. The van der Waals surface area contributed by atoms with Gasteiger partial charge in [-0.1, -0.05) is 12.8 Å². The first-order valence-electron chi connectivity index (χ1n) is 6.48. The van der Waals surface area contributed by atoms with Gasteiger partial charge in [0, 0.05) is 11.6 Å². The maximum atomic E-state index is 12.7. The minimum absolute atomic E-state index is 0.0489. The summed E-state index contributed by atoms with van der Waals surface area (Å²) in [5, 5.41) is 5.40. The Morgan fingerprint density at radius 2 is 1.79 bits per heavy atom. The summed E-state index contributed by atoms with van der Waals surface area (Å²) in [5.41, 5.74) is 0.343. The second kappa shape index (κ2) is 6.31. The summed E-state index contributed by atoms with van der Waals surface area (Å²) in [4.78, 5) is 23.3. The number of carbonyl (C=O) groups is 2. The lowest BCUT2D eigenvalue weighted by molar-refractivity contribution is -0.120. The molecule has 5 heteroatoms. The molecule has 0 radical (unpaired) electrons. The van der Waals surface area contributed by atoms with Crippen LogP contribution in [0, 0.1) is 5.82 Å². The molecule has 0 saturated heterocycles. The lowest BCUT2D eigenvalue weighted by atomic mass is 10.2. The minimum Gasteiger partial charge on any atom is -0.352 e. The molecule has 102 valence electrons. The molecule has 1 saturated carbocycles. The first-order valence-corrected chi connectivity index (χ1v) is 6.48. The van der Waals surface area contributed by atoms with Crippen molar-refractivity contribution in [3.63, 3.8) is 0 Å². The molecule has 19 heavy (non-hydrogen) atoms. The van der Waals surface area contributed by atoms with Crippen LogP contribution < -0.4 is 10.6 Å². The van der Waals surface area contributed by atoms with E-state index in [-0.39, 0.29) is 24.4 Å². The molecule has 0 bridgehead atoms. The monoisotopic (exact) mass is 264 g/mol. The van der Waals surface area contributed by atoms with Gasteiger partial charge in [0.25, 0.3) is 5.91 Å². The van der Waals surface area contributed by atoms with Gasteiger partial charge in [-0.3, -0.25) is 9.59 Å². The number of carbonyl (C=O) groups excluding carboxylic acids is 2. The zero-order valence-electron chi connectivity index (χ0n) is 10.6. The molecule has 1 aliphatic rings. The van der Waals surface area contributed by atoms with E-state index in [9.17, 15) is 14.0 Å². The van der Waals surface area contributed by atoms with Crippen molar-refractivity contribution in [3.8, 4) is 0 Å². The zero-order valence-corrected chi connectivity index (χ0v) is 10.6. The van der Waals surface area contributed by atoms with Crippen LogP contribution >= 0.6 is 0 Å². The second-order valence-corrected chi connectivity index (χ2v) is 4.74. The number of hydrogen-bond acceptors (Lipinski definition) is 2. The molecule has 1 fully saturated rings. The van der Waals surface area contributed by atoms with E-state index >= 15 is 0 Å². The number of halogens is 1. The molecule has 1 aliphatic carbocycles. The van der Waals surface area contributed by atoms with Crippen LogP contribution in [0.3, 0.4) is 0 Å². The molecule has 0 unspecified atom stereocenters. The van der Waals surface area contributed by atoms with Gasteiger partial charge in [-0.2, -0.15) is 0 Å². The van der Waals surface area contributed by atoms with Crippen LogP contribution in [0.5, 0.6) is 0 Å². The van der Waals surface area contributed by atoms with Crippen molar-refractivity contribution < 1.29 is 14.0 Å². The second-order valence-electron chi connectivity index (χ2n) is 4.74. The van der Waals surface area contributed by atoms with Crippen LogP contribution in [-0.2, 0) is 4.79 Å². The first-order chi connectivity index (χ1) is 9.15. The van der Waals surface area contributed by atoms with Gasteiger partial charge in [-0.05, 0) is 37.1 Å². The van der Waals surface area contributed by atoms with Gasteiger partial charge in [0.2, 0.25) is 5.91 Å². The Morgan fingerprint density at radius 1 is 1.16 bits per heavy atom. The average molecular weight is 264 g/mol. The Labute approximate surface area is 111 Å². The normalized spacial score (nSPS) is 15.2. The van der Waals surface area contributed by atoms with E-state index in [2.05, 4.69) is 10.6 Å². The van der Waals surface area contributed by atoms with Crippen LogP contribution in [-0.4, -0.2) is 24.4 Å². The topological polar surface area (TPSA) is 58.2 Å². The average Bonchev–Trinajstić information content (AvgIpc) is 2.89. The lowest BCUT2D eigenvalue weighted by Gasteiger charge is -2.12. The van der Waals surface area contributed by atoms with Crippen molar-refractivity contribution in [2.45, 2.75) is 31.7 Å². The van der Waals surface area contributed by atoms with Crippen LogP contribution in [0.15, 0.2) is 24.3 Å². The molecular formula is C14H17FN2O2. The van der Waals surface area contributed by atoms with Gasteiger partial charge in [0.15, 0.2) is 0 Å². The Bertz CT molecular complexity index is 453. The van der Waals surface area contributed by atoms with Crippen LogP contribution in [0.4, 0.5) is 4.39 Å². The van der Waals surface area contributed by atoms with E-state index in [0.717, 1.165) is 25.7 Å². The molecule has 1 aromatic rings. The molecule has 2 N–H and O–H groups in total. The number of nitrogens with one attached hydrogen (secondary N) is 2. The van der Waals surface area contributed by atoms with Gasteiger partial charge in [-0.25, -0.2) is 4.39 Å². The highest BCUT2D eigenvalue weighted by molar-refractivity contribution is 5.96. The summed E-state index contributed by atoms with van der Waals surface area (Å²) in [6, 6.07) is 5.45. The molecule has 0 aromatic heterocycles. The minimum atomic E-state index is -0.393. The van der Waals surface area contributed by atoms with Gasteiger partial charge in [0.05, 0.1) is 6.54 Å². The maximum Gasteiger partial charge on any atom is 0.251 e. The van der Waals surface area contributed by atoms with Crippen molar-refractivity contribution in [2.24, 2.45) is 0 Å². The van der Waals surface area contributed by atoms with E-state index in [1.165, 1.54) is 24.3 Å². The lowest BCUT2D eigenvalue weighted by Crippen LogP contribution is -2.40. The zero-order chi connectivity index (χ0) is 13.7. The third-order valence-electron chi connectivity index (χ3n) is 3.24. The summed E-state index contributed by atoms with van der Waals surface area (Å²) in [6.07, 6.45) is 4.31. The molecule has 0 spiro atoms. The number of rotatable bonds is 4. The highest BCUT2D eigenvalue weighted by atomic mass is 19.1. The fraction of sp³-hybridized carbons (Fsp3) is 0.429. The van der Waals surface area contributed by atoms with Crippen LogP contribution in [0.25, 0.3) is 0 Å². The molecule has 0 heterocycles. The van der Waals surface area contributed by atoms with Gasteiger partial charge in [0.1, 0.15) is 5.82 Å². The third kappa shape index (κ3) is 4.05. The Balaban J connectivity index is 1.76. The van der Waals surface area contributed by atoms with Crippen LogP contribution in [0.2, 0.25) is 0 Å². The van der Waals surface area contributed by atoms with E-state index in [4.69, 9.17) is 0 Å². The van der Waals surface area contributed by atoms with E-state index in [1.54, 1.807) is 0 Å². The predicted molar refractivity (Wildman–Crippen MR) is 69.1 cm³/mol. The largest absolute Gasteiger partial charge is 0.352 e. The number of amides is 2. The Morgan fingerprint density at radius 3 is 2.42 bits per heavy atom. The van der Waals surface area contributed by atoms with Crippen molar-refractivity contribution in [3.05, 3.63) is 35.6 Å². The summed E-state index contributed by atoms with van der Waals surface area (Å²) in [5.74, 6) is -0.945. The molecule has 2 rings (SSSR count). The van der Waals surface area contributed by atoms with Gasteiger partial charge >= 0.3 is 0 Å². The van der Waals surface area contributed by atoms with E-state index in [0.29, 0.717) is 5.56 Å². The highest BCUT2D eigenvalue weighted by Gasteiger charge is 2.17. The van der Waals surface area contributed by atoms with Crippen molar-refractivity contribution in [1.29, 1.82) is 0 Å². The first kappa shape index (κ1) is 13.5. The van der Waals surface area contributed by atoms with Crippen molar-refractivity contribution in [1.82, 2.24) is 10.6 Å². The third-order valence-corrected chi connectivity index (χ3v) is 3.24. The molecule has 0 aliphatic heterocycles. The molecule has 4 nitrogen and oxygen atoms in total. The van der Waals surface area contributed by atoms with Crippen molar-refractivity contribution in [2.75, 3.05) is 6.54 Å². The van der Waals surface area contributed by atoms with Crippen molar-refractivity contribution >= 4 is 11.8 Å². The van der Waals surface area contributed by atoms with E-state index < -0.39 is 5.82 Å². The fourth-order valence-corrected chi connectivity index (χ4v) is 2.21. The fourth-order valence-electron chi connectivity index (χ4n) is 2.21. The van der Waals surface area contributed by atoms with Gasteiger partial charge in [-0.15, -0.1) is 0 Å². The smallest absolute Gasteiger partial charge is 0.251 e. The molecule has 2 amide bonds. The molecule has 1 aromatic carbocycles. The summed E-state index contributed by atoms with van der Waals surface area (Å²) >= 11 is 0. The Hall–Kier alpha value is -1.91. The number of hydrogen-bond donors (Lipinski definition) is 2. The molecular weight excluding hydrogens is 247 g/mol. The highest BCUT2D eigenvalue weighted by Crippen LogP contribution is 2.17.